The first-order valence-corrected chi connectivity index (χ1v) is 9.32. The molecular formula is C20H17ClN4O2. The van der Waals surface area contributed by atoms with E-state index in [9.17, 15) is 9.59 Å². The molecule has 3 heterocycles. The van der Waals surface area contributed by atoms with Gasteiger partial charge in [0, 0.05) is 36.8 Å². The lowest BCUT2D eigenvalue weighted by atomic mass is 10.1. The Hall–Kier alpha value is -2.86. The Bertz CT molecular complexity index is 1080. The van der Waals surface area contributed by atoms with Crippen molar-refractivity contribution in [1.82, 2.24) is 9.55 Å². The quantitative estimate of drug-likeness (QED) is 0.686. The molecule has 0 saturated carbocycles. The fourth-order valence-corrected chi connectivity index (χ4v) is 4.17. The Balaban J connectivity index is 1.41. The van der Waals surface area contributed by atoms with Gasteiger partial charge in [0.15, 0.2) is 0 Å². The van der Waals surface area contributed by atoms with Gasteiger partial charge in [-0.15, -0.1) is 0 Å². The van der Waals surface area contributed by atoms with Crippen LogP contribution in [-0.2, 0) is 16.1 Å². The molecule has 2 aliphatic heterocycles. The fraction of sp³-hybridized carbons (Fsp3) is 0.250. The zero-order valence-electron chi connectivity index (χ0n) is 14.5. The zero-order valence-corrected chi connectivity index (χ0v) is 15.3. The third kappa shape index (κ3) is 2.59. The van der Waals surface area contributed by atoms with E-state index in [0.717, 1.165) is 23.3 Å². The van der Waals surface area contributed by atoms with Crippen LogP contribution in [0.2, 0.25) is 5.02 Å². The lowest BCUT2D eigenvalue weighted by molar-refractivity contribution is -0.124. The highest BCUT2D eigenvalue weighted by molar-refractivity contribution is 6.31. The number of hydrogen-bond donors (Lipinski definition) is 0. The van der Waals surface area contributed by atoms with Crippen molar-refractivity contribution in [2.45, 2.75) is 13.0 Å². The first-order chi connectivity index (χ1) is 13.1. The molecule has 136 valence electrons. The number of rotatable bonds is 2. The van der Waals surface area contributed by atoms with Crippen LogP contribution < -0.4 is 9.80 Å². The summed E-state index contributed by atoms with van der Waals surface area (Å²) in [7, 11) is 0. The van der Waals surface area contributed by atoms with Gasteiger partial charge in [-0.3, -0.25) is 14.5 Å². The second-order valence-electron chi connectivity index (χ2n) is 6.93. The van der Waals surface area contributed by atoms with E-state index >= 15 is 0 Å². The van der Waals surface area contributed by atoms with Crippen molar-refractivity contribution in [3.8, 4) is 0 Å². The van der Waals surface area contributed by atoms with E-state index in [-0.39, 0.29) is 24.2 Å². The van der Waals surface area contributed by atoms with Crippen LogP contribution in [0.4, 0.5) is 11.6 Å². The molecule has 2 aromatic carbocycles. The van der Waals surface area contributed by atoms with Crippen molar-refractivity contribution in [3.05, 3.63) is 53.6 Å². The van der Waals surface area contributed by atoms with Gasteiger partial charge < -0.3 is 9.47 Å². The lowest BCUT2D eigenvalue weighted by Crippen LogP contribution is -2.36. The molecule has 0 radical (unpaired) electrons. The van der Waals surface area contributed by atoms with Gasteiger partial charge in [0.2, 0.25) is 17.8 Å². The van der Waals surface area contributed by atoms with Crippen LogP contribution in [0.3, 0.4) is 0 Å². The SMILES string of the molecule is O=C1C[C@@H](C(=O)N2CCn3c2nc2ccccc23)CN1c1cccc(Cl)c1. The van der Waals surface area contributed by atoms with Crippen LogP contribution in [0.15, 0.2) is 48.5 Å². The molecule has 1 saturated heterocycles. The van der Waals surface area contributed by atoms with E-state index in [1.807, 2.05) is 36.4 Å². The molecule has 7 heteroatoms. The number of carbonyl (C=O) groups is 2. The van der Waals surface area contributed by atoms with E-state index in [0.29, 0.717) is 24.1 Å². The number of imidazole rings is 1. The van der Waals surface area contributed by atoms with Gasteiger partial charge >= 0.3 is 0 Å². The highest BCUT2D eigenvalue weighted by atomic mass is 35.5. The first kappa shape index (κ1) is 16.3. The van der Waals surface area contributed by atoms with Crippen molar-refractivity contribution in [1.29, 1.82) is 0 Å². The minimum Gasteiger partial charge on any atom is -0.312 e. The topological polar surface area (TPSA) is 58.4 Å². The standard InChI is InChI=1S/C20H17ClN4O2/c21-14-4-3-5-15(11-14)25-12-13(10-18(25)26)19(27)24-9-8-23-17-7-2-1-6-16(17)22-20(23)24/h1-7,11,13H,8-10,12H2/t13-/m1/s1. The van der Waals surface area contributed by atoms with Crippen LogP contribution >= 0.6 is 11.6 Å². The second kappa shape index (κ2) is 6.09. The van der Waals surface area contributed by atoms with E-state index in [4.69, 9.17) is 11.6 Å². The summed E-state index contributed by atoms with van der Waals surface area (Å²) in [5.74, 6) is 0.211. The fourth-order valence-electron chi connectivity index (χ4n) is 3.98. The Morgan fingerprint density at radius 1 is 1.11 bits per heavy atom. The molecule has 1 atom stereocenters. The molecule has 2 amide bonds. The van der Waals surface area contributed by atoms with Crippen molar-refractivity contribution in [2.24, 2.45) is 5.92 Å². The summed E-state index contributed by atoms with van der Waals surface area (Å²) in [6.45, 7) is 1.68. The summed E-state index contributed by atoms with van der Waals surface area (Å²) >= 11 is 6.04. The van der Waals surface area contributed by atoms with Gasteiger partial charge in [-0.25, -0.2) is 4.98 Å². The maximum Gasteiger partial charge on any atom is 0.234 e. The van der Waals surface area contributed by atoms with Crippen molar-refractivity contribution in [2.75, 3.05) is 22.9 Å². The molecule has 6 nitrogen and oxygen atoms in total. The van der Waals surface area contributed by atoms with Gasteiger partial charge in [-0.05, 0) is 30.3 Å². The summed E-state index contributed by atoms with van der Waals surface area (Å²) in [5, 5.41) is 0.573. The normalized spacial score (nSPS) is 19.1. The van der Waals surface area contributed by atoms with Crippen LogP contribution in [0, 0.1) is 5.92 Å². The number of hydrogen-bond acceptors (Lipinski definition) is 3. The van der Waals surface area contributed by atoms with Gasteiger partial charge in [-0.1, -0.05) is 29.8 Å². The maximum atomic E-state index is 13.1. The summed E-state index contributed by atoms with van der Waals surface area (Å²) in [6.07, 6.45) is 0.210. The number of halogens is 1. The predicted molar refractivity (Wildman–Crippen MR) is 104 cm³/mol. The predicted octanol–water partition coefficient (Wildman–Crippen LogP) is 3.09. The Morgan fingerprint density at radius 2 is 1.96 bits per heavy atom. The average molecular weight is 381 g/mol. The van der Waals surface area contributed by atoms with E-state index in [1.165, 1.54) is 0 Å². The second-order valence-corrected chi connectivity index (χ2v) is 7.36. The molecular weight excluding hydrogens is 364 g/mol. The van der Waals surface area contributed by atoms with Gasteiger partial charge in [-0.2, -0.15) is 0 Å². The highest BCUT2D eigenvalue weighted by Gasteiger charge is 2.40. The monoisotopic (exact) mass is 380 g/mol. The lowest BCUT2D eigenvalue weighted by Gasteiger charge is -2.19. The van der Waals surface area contributed by atoms with Gasteiger partial charge in [0.05, 0.1) is 17.0 Å². The molecule has 0 N–H and O–H groups in total. The van der Waals surface area contributed by atoms with Crippen molar-refractivity contribution >= 4 is 46.1 Å². The van der Waals surface area contributed by atoms with Gasteiger partial charge in [0.25, 0.3) is 0 Å². The Kier molecular flexibility index (Phi) is 3.68. The average Bonchev–Trinajstić information content (AvgIpc) is 3.34. The largest absolute Gasteiger partial charge is 0.312 e. The smallest absolute Gasteiger partial charge is 0.234 e. The number of amides is 2. The molecule has 5 rings (SSSR count). The van der Waals surface area contributed by atoms with Crippen LogP contribution in [0.1, 0.15) is 6.42 Å². The molecule has 3 aromatic rings. The molecule has 2 aliphatic rings. The number of anilines is 2. The number of carbonyl (C=O) groups excluding carboxylic acids is 2. The third-order valence-corrected chi connectivity index (χ3v) is 5.52. The number of nitrogens with zero attached hydrogens (tertiary/aromatic N) is 4. The molecule has 1 fully saturated rings. The summed E-state index contributed by atoms with van der Waals surface area (Å²) in [4.78, 5) is 33.6. The number of fused-ring (bicyclic) bond motifs is 3. The van der Waals surface area contributed by atoms with Crippen molar-refractivity contribution < 1.29 is 9.59 Å². The number of benzene rings is 2. The van der Waals surface area contributed by atoms with Crippen molar-refractivity contribution in [3.63, 3.8) is 0 Å². The number of para-hydroxylation sites is 2. The van der Waals surface area contributed by atoms with Gasteiger partial charge in [0.1, 0.15) is 0 Å². The molecule has 1 aromatic heterocycles. The minimum atomic E-state index is -0.372. The zero-order chi connectivity index (χ0) is 18.5. The third-order valence-electron chi connectivity index (χ3n) is 5.28. The van der Waals surface area contributed by atoms with Crippen LogP contribution in [0.5, 0.6) is 0 Å². The summed E-state index contributed by atoms with van der Waals surface area (Å²) in [6, 6.07) is 15.0. The molecule has 0 unspecified atom stereocenters. The summed E-state index contributed by atoms with van der Waals surface area (Å²) in [5.41, 5.74) is 2.65. The highest BCUT2D eigenvalue weighted by Crippen LogP contribution is 2.32. The molecule has 0 bridgehead atoms. The van der Waals surface area contributed by atoms with Crippen LogP contribution in [-0.4, -0.2) is 34.5 Å². The minimum absolute atomic E-state index is 0.0399. The summed E-state index contributed by atoms with van der Waals surface area (Å²) < 4.78 is 2.07. The van der Waals surface area contributed by atoms with Crippen LogP contribution in [0.25, 0.3) is 11.0 Å². The maximum absolute atomic E-state index is 13.1. The molecule has 0 spiro atoms. The molecule has 27 heavy (non-hydrogen) atoms. The van der Waals surface area contributed by atoms with E-state index < -0.39 is 0 Å². The Labute approximate surface area is 160 Å². The Morgan fingerprint density at radius 3 is 2.81 bits per heavy atom. The molecule has 0 aliphatic carbocycles. The van der Waals surface area contributed by atoms with E-state index in [2.05, 4.69) is 9.55 Å². The number of aromatic nitrogens is 2. The first-order valence-electron chi connectivity index (χ1n) is 8.94. The van der Waals surface area contributed by atoms with E-state index in [1.54, 1.807) is 21.9 Å².